The average molecular weight is 263 g/mol. The first-order valence-electron chi connectivity index (χ1n) is 6.73. The first-order valence-corrected chi connectivity index (χ1v) is 6.73. The summed E-state index contributed by atoms with van der Waals surface area (Å²) in [6, 6.07) is 6.06. The quantitative estimate of drug-likeness (QED) is 0.659. The number of aromatic amines is 1. The van der Waals surface area contributed by atoms with Gasteiger partial charge in [-0.3, -0.25) is 4.98 Å². The van der Waals surface area contributed by atoms with Crippen molar-refractivity contribution in [1.29, 1.82) is 0 Å². The number of rotatable bonds is 7. The van der Waals surface area contributed by atoms with Gasteiger partial charge in [0.1, 0.15) is 0 Å². The van der Waals surface area contributed by atoms with E-state index in [9.17, 15) is 4.79 Å². The predicted molar refractivity (Wildman–Crippen MR) is 76.3 cm³/mol. The van der Waals surface area contributed by atoms with Gasteiger partial charge in [0.2, 0.25) is 0 Å². The maximum atomic E-state index is 11.0. The highest BCUT2D eigenvalue weighted by Crippen LogP contribution is 2.12. The first-order chi connectivity index (χ1) is 9.15. The lowest BCUT2D eigenvalue weighted by molar-refractivity contribution is 0.555. The van der Waals surface area contributed by atoms with Gasteiger partial charge >= 0.3 is 5.76 Å². The molecular formula is C14H21N3O2. The van der Waals surface area contributed by atoms with Gasteiger partial charge in [-0.2, -0.15) is 0 Å². The van der Waals surface area contributed by atoms with Crippen molar-refractivity contribution in [2.24, 2.45) is 5.73 Å². The zero-order valence-corrected chi connectivity index (χ0v) is 11.2. The normalized spacial score (nSPS) is 12.9. The molecular weight excluding hydrogens is 242 g/mol. The Bertz CT molecular complexity index is 571. The molecule has 0 saturated heterocycles. The van der Waals surface area contributed by atoms with Gasteiger partial charge in [-0.1, -0.05) is 6.07 Å². The second-order valence-corrected chi connectivity index (χ2v) is 4.96. The lowest BCUT2D eigenvalue weighted by atomic mass is 10.1. The van der Waals surface area contributed by atoms with Crippen molar-refractivity contribution in [1.82, 2.24) is 10.3 Å². The number of nitrogens with one attached hydrogen (secondary N) is 2. The molecule has 4 N–H and O–H groups in total. The van der Waals surface area contributed by atoms with Crippen LogP contribution in [0.5, 0.6) is 0 Å². The first kappa shape index (κ1) is 13.8. The molecule has 5 nitrogen and oxygen atoms in total. The van der Waals surface area contributed by atoms with E-state index in [0.29, 0.717) is 5.58 Å². The van der Waals surface area contributed by atoms with E-state index in [0.717, 1.165) is 37.9 Å². The molecule has 5 heteroatoms. The van der Waals surface area contributed by atoms with Gasteiger partial charge in [0, 0.05) is 6.04 Å². The van der Waals surface area contributed by atoms with Gasteiger partial charge in [-0.25, -0.2) is 4.79 Å². The lowest BCUT2D eigenvalue weighted by Gasteiger charge is -2.06. The Morgan fingerprint density at radius 1 is 1.42 bits per heavy atom. The highest BCUT2D eigenvalue weighted by Gasteiger charge is 2.02. The standard InChI is InChI=1S/C14H21N3O2/c1-10(15)3-2-7-16-8-6-11-4-5-13-12(9-11)17-14(18)19-13/h4-5,9-10,16H,2-3,6-8,15H2,1H3,(H,17,18). The van der Waals surface area contributed by atoms with Crippen LogP contribution in [0.3, 0.4) is 0 Å². The Morgan fingerprint density at radius 3 is 3.05 bits per heavy atom. The Labute approximate surface area is 112 Å². The van der Waals surface area contributed by atoms with Crippen LogP contribution in [0.2, 0.25) is 0 Å². The van der Waals surface area contributed by atoms with Crippen molar-refractivity contribution in [2.45, 2.75) is 32.2 Å². The highest BCUT2D eigenvalue weighted by atomic mass is 16.4. The van der Waals surface area contributed by atoms with E-state index in [1.807, 2.05) is 25.1 Å². The molecule has 1 unspecified atom stereocenters. The maximum absolute atomic E-state index is 11.0. The predicted octanol–water partition coefficient (Wildman–Crippen LogP) is 1.38. The van der Waals surface area contributed by atoms with Crippen LogP contribution in [0, 0.1) is 0 Å². The van der Waals surface area contributed by atoms with E-state index in [-0.39, 0.29) is 6.04 Å². The number of hydrogen-bond acceptors (Lipinski definition) is 4. The smallest absolute Gasteiger partial charge is 0.408 e. The van der Waals surface area contributed by atoms with Crippen LogP contribution in [0.1, 0.15) is 25.3 Å². The molecule has 0 aliphatic rings. The van der Waals surface area contributed by atoms with Gasteiger partial charge < -0.3 is 15.5 Å². The van der Waals surface area contributed by atoms with Crippen molar-refractivity contribution in [3.63, 3.8) is 0 Å². The second kappa shape index (κ2) is 6.54. The summed E-state index contributed by atoms with van der Waals surface area (Å²) in [5, 5.41) is 3.39. The van der Waals surface area contributed by atoms with E-state index < -0.39 is 5.76 Å². The highest BCUT2D eigenvalue weighted by molar-refractivity contribution is 5.72. The lowest BCUT2D eigenvalue weighted by Crippen LogP contribution is -2.21. The third-order valence-corrected chi connectivity index (χ3v) is 3.09. The van der Waals surface area contributed by atoms with Crippen LogP contribution in [-0.2, 0) is 6.42 Å². The summed E-state index contributed by atoms with van der Waals surface area (Å²) < 4.78 is 4.96. The Hall–Kier alpha value is -1.59. The van der Waals surface area contributed by atoms with Crippen molar-refractivity contribution in [2.75, 3.05) is 13.1 Å². The molecule has 0 radical (unpaired) electrons. The van der Waals surface area contributed by atoms with E-state index in [1.165, 1.54) is 5.56 Å². The number of H-pyrrole nitrogens is 1. The fourth-order valence-electron chi connectivity index (χ4n) is 2.06. The zero-order chi connectivity index (χ0) is 13.7. The van der Waals surface area contributed by atoms with Crippen LogP contribution in [-0.4, -0.2) is 24.1 Å². The van der Waals surface area contributed by atoms with E-state index >= 15 is 0 Å². The summed E-state index contributed by atoms with van der Waals surface area (Å²) >= 11 is 0. The van der Waals surface area contributed by atoms with Gasteiger partial charge in [0.25, 0.3) is 0 Å². The average Bonchev–Trinajstić information content (AvgIpc) is 2.72. The van der Waals surface area contributed by atoms with Gasteiger partial charge in [-0.05, 0) is 57.0 Å². The zero-order valence-electron chi connectivity index (χ0n) is 11.2. The monoisotopic (exact) mass is 263 g/mol. The summed E-state index contributed by atoms with van der Waals surface area (Å²) in [5.41, 5.74) is 8.25. The van der Waals surface area contributed by atoms with Crippen LogP contribution in [0.25, 0.3) is 11.1 Å². The Kier molecular flexibility index (Phi) is 4.76. The molecule has 2 rings (SSSR count). The molecule has 0 fully saturated rings. The fraction of sp³-hybridized carbons (Fsp3) is 0.500. The number of aromatic nitrogens is 1. The SMILES string of the molecule is CC(N)CCCNCCc1ccc2oc(=O)[nH]c2c1. The fourth-order valence-corrected chi connectivity index (χ4v) is 2.06. The van der Waals surface area contributed by atoms with Gasteiger partial charge in [0.15, 0.2) is 5.58 Å². The van der Waals surface area contributed by atoms with Crippen LogP contribution in [0.15, 0.2) is 27.4 Å². The minimum Gasteiger partial charge on any atom is -0.408 e. The van der Waals surface area contributed by atoms with Crippen molar-refractivity contribution >= 4 is 11.1 Å². The Balaban J connectivity index is 1.77. The molecule has 1 atom stereocenters. The third kappa shape index (κ3) is 4.22. The summed E-state index contributed by atoms with van der Waals surface area (Å²) in [5.74, 6) is -0.402. The van der Waals surface area contributed by atoms with Crippen molar-refractivity contribution < 1.29 is 4.42 Å². The molecule has 104 valence electrons. The molecule has 0 aliphatic heterocycles. The molecule has 1 aromatic carbocycles. The minimum atomic E-state index is -0.402. The van der Waals surface area contributed by atoms with Crippen LogP contribution < -0.4 is 16.8 Å². The number of fused-ring (bicyclic) bond motifs is 1. The molecule has 0 bridgehead atoms. The number of hydrogen-bond donors (Lipinski definition) is 3. The second-order valence-electron chi connectivity index (χ2n) is 4.96. The number of benzene rings is 1. The van der Waals surface area contributed by atoms with E-state index in [4.69, 9.17) is 10.2 Å². The largest absolute Gasteiger partial charge is 0.417 e. The number of oxazole rings is 1. The van der Waals surface area contributed by atoms with Crippen molar-refractivity contribution in [3.05, 3.63) is 34.3 Å². The molecule has 1 heterocycles. The molecule has 1 aromatic heterocycles. The summed E-state index contributed by atoms with van der Waals surface area (Å²) in [6.07, 6.45) is 3.09. The van der Waals surface area contributed by atoms with E-state index in [1.54, 1.807) is 0 Å². The van der Waals surface area contributed by atoms with Gasteiger partial charge in [0.05, 0.1) is 5.52 Å². The molecule has 0 aliphatic carbocycles. The van der Waals surface area contributed by atoms with Crippen LogP contribution in [0.4, 0.5) is 0 Å². The Morgan fingerprint density at radius 2 is 2.26 bits per heavy atom. The third-order valence-electron chi connectivity index (χ3n) is 3.09. The summed E-state index contributed by atoms with van der Waals surface area (Å²) in [4.78, 5) is 13.7. The van der Waals surface area contributed by atoms with Crippen LogP contribution >= 0.6 is 0 Å². The molecule has 2 aromatic rings. The van der Waals surface area contributed by atoms with E-state index in [2.05, 4.69) is 10.3 Å². The molecule has 0 spiro atoms. The summed E-state index contributed by atoms with van der Waals surface area (Å²) in [6.45, 7) is 3.94. The molecule has 0 amide bonds. The topological polar surface area (TPSA) is 84.0 Å². The minimum absolute atomic E-state index is 0.280. The number of nitrogens with two attached hydrogens (primary N) is 1. The summed E-state index contributed by atoms with van der Waals surface area (Å²) in [7, 11) is 0. The van der Waals surface area contributed by atoms with Crippen molar-refractivity contribution in [3.8, 4) is 0 Å². The molecule has 0 saturated carbocycles. The van der Waals surface area contributed by atoms with Gasteiger partial charge in [-0.15, -0.1) is 0 Å². The molecule has 19 heavy (non-hydrogen) atoms. The maximum Gasteiger partial charge on any atom is 0.417 e.